The summed E-state index contributed by atoms with van der Waals surface area (Å²) in [7, 11) is 0. The number of hydrogen-bond acceptors (Lipinski definition) is 2. The van der Waals surface area contributed by atoms with E-state index in [4.69, 9.17) is 4.74 Å². The van der Waals surface area contributed by atoms with Crippen LogP contribution in [-0.2, 0) is 24.1 Å². The molecule has 22 heavy (non-hydrogen) atoms. The average Bonchev–Trinajstić information content (AvgIpc) is 2.51. The number of ether oxygens (including phenoxy) is 1. The lowest BCUT2D eigenvalue weighted by Crippen LogP contribution is -2.24. The lowest BCUT2D eigenvalue weighted by atomic mass is 10.1. The molecule has 1 N–H and O–H groups in total. The smallest absolute Gasteiger partial charge is 0.416 e. The zero-order valence-electron chi connectivity index (χ0n) is 11.6. The van der Waals surface area contributed by atoms with Crippen molar-refractivity contribution < 1.29 is 22.7 Å². The Morgan fingerprint density at radius 3 is 2.32 bits per heavy atom. The molecule has 116 valence electrons. The quantitative estimate of drug-likeness (QED) is 0.922. The minimum atomic E-state index is -4.47. The molecule has 0 aliphatic rings. The van der Waals surface area contributed by atoms with Crippen molar-refractivity contribution in [2.45, 2.75) is 19.3 Å². The van der Waals surface area contributed by atoms with Crippen LogP contribution in [-0.4, -0.2) is 6.09 Å². The van der Waals surface area contributed by atoms with Crippen LogP contribution in [0.3, 0.4) is 0 Å². The SMILES string of the molecule is O=C(NCc1ccccc1)OCc1ccccc1C(F)(F)F. The summed E-state index contributed by atoms with van der Waals surface area (Å²) in [5, 5.41) is 2.48. The molecule has 2 aromatic carbocycles. The molecule has 0 unspecified atom stereocenters. The largest absolute Gasteiger partial charge is 0.445 e. The zero-order chi connectivity index (χ0) is 16.0. The highest BCUT2D eigenvalue weighted by molar-refractivity contribution is 5.67. The maximum absolute atomic E-state index is 12.8. The number of halogens is 3. The van der Waals surface area contributed by atoms with Gasteiger partial charge in [0.1, 0.15) is 6.61 Å². The van der Waals surface area contributed by atoms with Crippen molar-refractivity contribution in [3.05, 3.63) is 71.3 Å². The second kappa shape index (κ2) is 6.98. The molecule has 0 spiro atoms. The van der Waals surface area contributed by atoms with E-state index in [1.54, 1.807) is 0 Å². The molecular weight excluding hydrogens is 295 g/mol. The molecule has 0 radical (unpaired) electrons. The minimum absolute atomic E-state index is 0.0788. The standard InChI is InChI=1S/C16H14F3NO2/c17-16(18,19)14-9-5-4-8-13(14)11-22-15(21)20-10-12-6-2-1-3-7-12/h1-9H,10-11H2,(H,20,21). The van der Waals surface area contributed by atoms with Gasteiger partial charge in [0.25, 0.3) is 0 Å². The van der Waals surface area contributed by atoms with E-state index in [1.807, 2.05) is 30.3 Å². The first-order chi connectivity index (χ1) is 10.5. The highest BCUT2D eigenvalue weighted by Gasteiger charge is 2.33. The Morgan fingerprint density at radius 2 is 1.64 bits per heavy atom. The van der Waals surface area contributed by atoms with Crippen molar-refractivity contribution in [2.75, 3.05) is 0 Å². The number of carbonyl (C=O) groups is 1. The Morgan fingerprint density at radius 1 is 1.00 bits per heavy atom. The molecule has 0 bridgehead atoms. The number of alkyl carbamates (subject to hydrolysis) is 1. The van der Waals surface area contributed by atoms with Crippen molar-refractivity contribution in [2.24, 2.45) is 0 Å². The van der Waals surface area contributed by atoms with Gasteiger partial charge in [-0.25, -0.2) is 4.79 Å². The summed E-state index contributed by atoms with van der Waals surface area (Å²) in [4.78, 5) is 11.5. The van der Waals surface area contributed by atoms with Crippen molar-refractivity contribution in [3.8, 4) is 0 Å². The Bertz CT molecular complexity index is 627. The predicted molar refractivity (Wildman–Crippen MR) is 74.9 cm³/mol. The molecule has 2 rings (SSSR count). The van der Waals surface area contributed by atoms with Gasteiger partial charge in [0.2, 0.25) is 0 Å². The third-order valence-corrected chi connectivity index (χ3v) is 2.96. The number of alkyl halides is 3. The van der Waals surface area contributed by atoms with Crippen LogP contribution in [0.2, 0.25) is 0 Å². The molecule has 3 nitrogen and oxygen atoms in total. The van der Waals surface area contributed by atoms with E-state index < -0.39 is 24.4 Å². The second-order valence-corrected chi connectivity index (χ2v) is 4.57. The average molecular weight is 309 g/mol. The Kier molecular flexibility index (Phi) is 5.04. The van der Waals surface area contributed by atoms with E-state index in [-0.39, 0.29) is 12.1 Å². The number of nitrogens with one attached hydrogen (secondary N) is 1. The molecule has 0 aliphatic carbocycles. The van der Waals surface area contributed by atoms with E-state index in [9.17, 15) is 18.0 Å². The summed E-state index contributed by atoms with van der Waals surface area (Å²) in [6.45, 7) is -0.184. The van der Waals surface area contributed by atoms with Gasteiger partial charge >= 0.3 is 12.3 Å². The highest BCUT2D eigenvalue weighted by Crippen LogP contribution is 2.32. The van der Waals surface area contributed by atoms with Crippen LogP contribution in [0, 0.1) is 0 Å². The monoisotopic (exact) mass is 309 g/mol. The fraction of sp³-hybridized carbons (Fsp3) is 0.188. The molecule has 6 heteroatoms. The van der Waals surface area contributed by atoms with Crippen LogP contribution in [0.5, 0.6) is 0 Å². The molecule has 0 fully saturated rings. The second-order valence-electron chi connectivity index (χ2n) is 4.57. The first kappa shape index (κ1) is 15.9. The molecule has 0 heterocycles. The third-order valence-electron chi connectivity index (χ3n) is 2.96. The molecule has 1 amide bonds. The van der Waals surface area contributed by atoms with Gasteiger partial charge < -0.3 is 10.1 Å². The number of rotatable bonds is 4. The Balaban J connectivity index is 1.89. The highest BCUT2D eigenvalue weighted by atomic mass is 19.4. The minimum Gasteiger partial charge on any atom is -0.445 e. The maximum atomic E-state index is 12.8. The molecule has 0 saturated carbocycles. The number of carbonyl (C=O) groups excluding carboxylic acids is 1. The van der Waals surface area contributed by atoms with Gasteiger partial charge in [-0.1, -0.05) is 48.5 Å². The van der Waals surface area contributed by atoms with Crippen LogP contribution < -0.4 is 5.32 Å². The first-order valence-electron chi connectivity index (χ1n) is 6.56. The number of benzene rings is 2. The molecular formula is C16H14F3NO2. The zero-order valence-corrected chi connectivity index (χ0v) is 11.6. The number of amides is 1. The molecule has 0 aliphatic heterocycles. The summed E-state index contributed by atoms with van der Waals surface area (Å²) in [5.41, 5.74) is -0.00846. The molecule has 0 atom stereocenters. The molecule has 0 aromatic heterocycles. The van der Waals surface area contributed by atoms with Crippen molar-refractivity contribution in [1.29, 1.82) is 0 Å². The van der Waals surface area contributed by atoms with Crippen molar-refractivity contribution in [3.63, 3.8) is 0 Å². The van der Waals surface area contributed by atoms with E-state index in [1.165, 1.54) is 18.2 Å². The molecule has 2 aromatic rings. The summed E-state index contributed by atoms with van der Waals surface area (Å²) in [6.07, 6.45) is -5.23. The summed E-state index contributed by atoms with van der Waals surface area (Å²) in [6, 6.07) is 14.1. The summed E-state index contributed by atoms with van der Waals surface area (Å²) in [5.74, 6) is 0. The normalized spacial score (nSPS) is 11.0. The van der Waals surface area contributed by atoms with Crippen LogP contribution in [0.1, 0.15) is 16.7 Å². The van der Waals surface area contributed by atoms with Gasteiger partial charge in [0, 0.05) is 12.1 Å². The number of hydrogen-bond donors (Lipinski definition) is 1. The first-order valence-corrected chi connectivity index (χ1v) is 6.56. The maximum Gasteiger partial charge on any atom is 0.416 e. The molecule has 0 saturated heterocycles. The van der Waals surface area contributed by atoms with E-state index in [0.29, 0.717) is 0 Å². The van der Waals surface area contributed by atoms with Crippen molar-refractivity contribution in [1.82, 2.24) is 5.32 Å². The van der Waals surface area contributed by atoms with Crippen LogP contribution >= 0.6 is 0 Å². The van der Waals surface area contributed by atoms with Gasteiger partial charge in [-0.3, -0.25) is 0 Å². The van der Waals surface area contributed by atoms with Crippen molar-refractivity contribution >= 4 is 6.09 Å². The van der Waals surface area contributed by atoms with Crippen LogP contribution in [0.4, 0.5) is 18.0 Å². The fourth-order valence-electron chi connectivity index (χ4n) is 1.89. The summed E-state index contributed by atoms with van der Waals surface area (Å²) >= 11 is 0. The van der Waals surface area contributed by atoms with Crippen LogP contribution in [0.25, 0.3) is 0 Å². The predicted octanol–water partition coefficient (Wildman–Crippen LogP) is 4.13. The Hall–Kier alpha value is -2.50. The van der Waals surface area contributed by atoms with Gasteiger partial charge in [0.05, 0.1) is 5.56 Å². The van der Waals surface area contributed by atoms with Gasteiger partial charge in [-0.05, 0) is 11.6 Å². The van der Waals surface area contributed by atoms with Gasteiger partial charge in [0.15, 0.2) is 0 Å². The van der Waals surface area contributed by atoms with Gasteiger partial charge in [-0.15, -0.1) is 0 Å². The lowest BCUT2D eigenvalue weighted by Gasteiger charge is -2.13. The fourth-order valence-corrected chi connectivity index (χ4v) is 1.89. The topological polar surface area (TPSA) is 38.3 Å². The van der Waals surface area contributed by atoms with Crippen LogP contribution in [0.15, 0.2) is 54.6 Å². The third kappa shape index (κ3) is 4.51. The van der Waals surface area contributed by atoms with Gasteiger partial charge in [-0.2, -0.15) is 13.2 Å². The Labute approximate surface area is 125 Å². The van der Waals surface area contributed by atoms with E-state index >= 15 is 0 Å². The lowest BCUT2D eigenvalue weighted by molar-refractivity contribution is -0.138. The van der Waals surface area contributed by atoms with E-state index in [2.05, 4.69) is 5.32 Å². The van der Waals surface area contributed by atoms with E-state index in [0.717, 1.165) is 11.6 Å². The summed E-state index contributed by atoms with van der Waals surface area (Å²) < 4.78 is 43.2.